The largest absolute Gasteiger partial charge is 0.361 e. The fourth-order valence-electron chi connectivity index (χ4n) is 2.84. The third-order valence-corrected chi connectivity index (χ3v) is 4.57. The van der Waals surface area contributed by atoms with Gasteiger partial charge in [-0.05, 0) is 31.5 Å². The molecule has 0 bridgehead atoms. The molecule has 2 unspecified atom stereocenters. The van der Waals surface area contributed by atoms with E-state index in [0.29, 0.717) is 10.6 Å². The van der Waals surface area contributed by atoms with Gasteiger partial charge in [0.1, 0.15) is 6.17 Å². The number of nitrogens with zero attached hydrogens (tertiary/aromatic N) is 1. The number of hydrogen-bond acceptors (Lipinski definition) is 2. The van der Waals surface area contributed by atoms with Gasteiger partial charge >= 0.3 is 0 Å². The number of amides is 1. The lowest BCUT2D eigenvalue weighted by atomic mass is 10.0. The minimum absolute atomic E-state index is 0.0496. The molecule has 1 heterocycles. The lowest BCUT2D eigenvalue weighted by Crippen LogP contribution is -2.47. The Hall–Kier alpha value is -2.00. The summed E-state index contributed by atoms with van der Waals surface area (Å²) in [5.41, 5.74) is 2.50. The quantitative estimate of drug-likeness (QED) is 0.890. The van der Waals surface area contributed by atoms with Crippen LogP contribution in [0.5, 0.6) is 0 Å². The SMILES string of the molecule is CCC(C)N1C(=O)c2ccccc2NC1c1ccccc1Cl. The molecule has 1 N–H and O–H groups in total. The fourth-order valence-corrected chi connectivity index (χ4v) is 3.08. The number of benzene rings is 2. The van der Waals surface area contributed by atoms with Crippen LogP contribution < -0.4 is 5.32 Å². The highest BCUT2D eigenvalue weighted by atomic mass is 35.5. The van der Waals surface area contributed by atoms with Gasteiger partial charge in [-0.1, -0.05) is 48.9 Å². The second kappa shape index (κ2) is 6.01. The molecule has 0 fully saturated rings. The number of fused-ring (bicyclic) bond motifs is 1. The van der Waals surface area contributed by atoms with E-state index in [9.17, 15) is 4.79 Å². The van der Waals surface area contributed by atoms with Gasteiger partial charge in [0, 0.05) is 22.3 Å². The Balaban J connectivity index is 2.11. The smallest absolute Gasteiger partial charge is 0.258 e. The number of halogens is 1. The number of carbonyl (C=O) groups excluding carboxylic acids is 1. The molecule has 3 rings (SSSR count). The van der Waals surface area contributed by atoms with Crippen molar-refractivity contribution in [2.75, 3.05) is 5.32 Å². The van der Waals surface area contributed by atoms with Crippen LogP contribution in [0.15, 0.2) is 48.5 Å². The zero-order valence-electron chi connectivity index (χ0n) is 12.7. The first kappa shape index (κ1) is 14.9. The highest BCUT2D eigenvalue weighted by Crippen LogP contribution is 2.37. The summed E-state index contributed by atoms with van der Waals surface area (Å²) in [5, 5.41) is 4.14. The Morgan fingerprint density at radius 3 is 2.59 bits per heavy atom. The molecule has 4 heteroatoms. The zero-order valence-corrected chi connectivity index (χ0v) is 13.5. The molecule has 2 atom stereocenters. The van der Waals surface area contributed by atoms with E-state index in [4.69, 9.17) is 11.6 Å². The maximum Gasteiger partial charge on any atom is 0.258 e. The molecule has 1 aliphatic rings. The standard InChI is InChI=1S/C18H19ClN2O/c1-3-12(2)21-17(13-8-4-6-10-15(13)19)20-16-11-7-5-9-14(16)18(21)22/h4-12,17,20H,3H2,1-2H3. The van der Waals surface area contributed by atoms with Crippen LogP contribution >= 0.6 is 11.6 Å². The molecule has 2 aromatic carbocycles. The van der Waals surface area contributed by atoms with E-state index in [1.165, 1.54) is 0 Å². The minimum atomic E-state index is -0.244. The summed E-state index contributed by atoms with van der Waals surface area (Å²) in [6.07, 6.45) is 0.641. The van der Waals surface area contributed by atoms with Crippen molar-refractivity contribution in [1.82, 2.24) is 4.90 Å². The van der Waals surface area contributed by atoms with Gasteiger partial charge in [-0.25, -0.2) is 0 Å². The lowest BCUT2D eigenvalue weighted by molar-refractivity contribution is 0.0594. The van der Waals surface area contributed by atoms with E-state index in [1.54, 1.807) is 0 Å². The summed E-state index contributed by atoms with van der Waals surface area (Å²) in [4.78, 5) is 14.8. The Morgan fingerprint density at radius 2 is 1.86 bits per heavy atom. The summed E-state index contributed by atoms with van der Waals surface area (Å²) in [7, 11) is 0. The average molecular weight is 315 g/mol. The molecule has 0 spiro atoms. The predicted octanol–water partition coefficient (Wildman–Crippen LogP) is 4.71. The molecule has 0 radical (unpaired) electrons. The van der Waals surface area contributed by atoms with Crippen molar-refractivity contribution >= 4 is 23.2 Å². The Kier molecular flexibility index (Phi) is 4.08. The second-order valence-corrected chi connectivity index (χ2v) is 5.99. The summed E-state index contributed by atoms with van der Waals surface area (Å²) in [6.45, 7) is 4.15. The van der Waals surface area contributed by atoms with E-state index in [2.05, 4.69) is 19.2 Å². The molecule has 0 saturated carbocycles. The highest BCUT2D eigenvalue weighted by Gasteiger charge is 2.35. The fraction of sp³-hybridized carbons (Fsp3) is 0.278. The molecule has 114 valence electrons. The van der Waals surface area contributed by atoms with E-state index in [1.807, 2.05) is 53.4 Å². The van der Waals surface area contributed by atoms with Gasteiger partial charge < -0.3 is 10.2 Å². The summed E-state index contributed by atoms with van der Waals surface area (Å²) in [5.74, 6) is 0.0496. The van der Waals surface area contributed by atoms with Gasteiger partial charge in [-0.15, -0.1) is 0 Å². The van der Waals surface area contributed by atoms with Gasteiger partial charge in [0.2, 0.25) is 0 Å². The Labute approximate surface area is 135 Å². The van der Waals surface area contributed by atoms with E-state index < -0.39 is 0 Å². The maximum atomic E-state index is 13.0. The lowest BCUT2D eigenvalue weighted by Gasteiger charge is -2.41. The molecule has 2 aromatic rings. The molecule has 22 heavy (non-hydrogen) atoms. The van der Waals surface area contributed by atoms with Crippen molar-refractivity contribution in [3.63, 3.8) is 0 Å². The summed E-state index contributed by atoms with van der Waals surface area (Å²) >= 11 is 6.37. The first-order valence-electron chi connectivity index (χ1n) is 7.56. The van der Waals surface area contributed by atoms with Crippen LogP contribution in [0, 0.1) is 0 Å². The van der Waals surface area contributed by atoms with Gasteiger partial charge in [-0.2, -0.15) is 0 Å². The summed E-state index contributed by atoms with van der Waals surface area (Å²) in [6, 6.07) is 15.4. The molecule has 1 amide bonds. The zero-order chi connectivity index (χ0) is 15.7. The van der Waals surface area contributed by atoms with Crippen LogP contribution in [0.25, 0.3) is 0 Å². The highest BCUT2D eigenvalue weighted by molar-refractivity contribution is 6.31. The van der Waals surface area contributed by atoms with E-state index in [-0.39, 0.29) is 18.1 Å². The topological polar surface area (TPSA) is 32.3 Å². The van der Waals surface area contributed by atoms with Crippen LogP contribution in [0.1, 0.15) is 42.4 Å². The average Bonchev–Trinajstić information content (AvgIpc) is 2.54. The Bertz CT molecular complexity index is 701. The number of para-hydroxylation sites is 1. The number of hydrogen-bond donors (Lipinski definition) is 1. The van der Waals surface area contributed by atoms with Crippen LogP contribution in [0.2, 0.25) is 5.02 Å². The first-order chi connectivity index (χ1) is 10.6. The normalized spacial score (nSPS) is 18.6. The van der Waals surface area contributed by atoms with Crippen molar-refractivity contribution < 1.29 is 4.79 Å². The number of nitrogens with one attached hydrogen (secondary N) is 1. The first-order valence-corrected chi connectivity index (χ1v) is 7.94. The van der Waals surface area contributed by atoms with Crippen LogP contribution in [0.3, 0.4) is 0 Å². The van der Waals surface area contributed by atoms with Crippen molar-refractivity contribution in [3.05, 3.63) is 64.7 Å². The predicted molar refractivity (Wildman–Crippen MR) is 90.2 cm³/mol. The van der Waals surface area contributed by atoms with Gasteiger partial charge in [0.05, 0.1) is 5.56 Å². The van der Waals surface area contributed by atoms with Crippen LogP contribution in [-0.2, 0) is 0 Å². The maximum absolute atomic E-state index is 13.0. The van der Waals surface area contributed by atoms with E-state index in [0.717, 1.165) is 17.7 Å². The molecular formula is C18H19ClN2O. The van der Waals surface area contributed by atoms with Crippen LogP contribution in [-0.4, -0.2) is 16.8 Å². The number of rotatable bonds is 3. The number of carbonyl (C=O) groups is 1. The monoisotopic (exact) mass is 314 g/mol. The van der Waals surface area contributed by atoms with Crippen molar-refractivity contribution in [2.24, 2.45) is 0 Å². The minimum Gasteiger partial charge on any atom is -0.361 e. The van der Waals surface area contributed by atoms with Gasteiger partial charge in [0.25, 0.3) is 5.91 Å². The third kappa shape index (κ3) is 2.46. The van der Waals surface area contributed by atoms with Crippen molar-refractivity contribution in [1.29, 1.82) is 0 Å². The molecule has 0 aromatic heterocycles. The summed E-state index contributed by atoms with van der Waals surface area (Å²) < 4.78 is 0. The molecule has 0 aliphatic carbocycles. The molecular weight excluding hydrogens is 296 g/mol. The second-order valence-electron chi connectivity index (χ2n) is 5.58. The van der Waals surface area contributed by atoms with Crippen molar-refractivity contribution in [2.45, 2.75) is 32.5 Å². The third-order valence-electron chi connectivity index (χ3n) is 4.23. The molecule has 1 aliphatic heterocycles. The van der Waals surface area contributed by atoms with Gasteiger partial charge in [-0.3, -0.25) is 4.79 Å². The Morgan fingerprint density at radius 1 is 1.18 bits per heavy atom. The van der Waals surface area contributed by atoms with E-state index >= 15 is 0 Å². The molecule has 3 nitrogen and oxygen atoms in total. The van der Waals surface area contributed by atoms with Crippen LogP contribution in [0.4, 0.5) is 5.69 Å². The van der Waals surface area contributed by atoms with Crippen molar-refractivity contribution in [3.8, 4) is 0 Å². The molecule has 0 saturated heterocycles. The van der Waals surface area contributed by atoms with Gasteiger partial charge in [0.15, 0.2) is 0 Å². The number of anilines is 1.